The molecule has 1 unspecified atom stereocenters. The molecule has 0 N–H and O–H groups in total. The first-order valence-corrected chi connectivity index (χ1v) is 4.68. The Morgan fingerprint density at radius 3 is 2.09 bits per heavy atom. The van der Waals surface area contributed by atoms with Crippen LogP contribution in [0.4, 0.5) is 0 Å². The van der Waals surface area contributed by atoms with Gasteiger partial charge in [-0.3, -0.25) is 0 Å². The minimum absolute atomic E-state index is 0. The molecule has 1 atom stereocenters. The molecule has 2 heteroatoms. The molecule has 0 radical (unpaired) electrons. The third kappa shape index (κ3) is 4.55. The summed E-state index contributed by atoms with van der Waals surface area (Å²) in [4.78, 5) is 0. The summed E-state index contributed by atoms with van der Waals surface area (Å²) in [6.07, 6.45) is 0. The number of rotatable bonds is 2. The van der Waals surface area contributed by atoms with Gasteiger partial charge >= 0.3 is 0 Å². The van der Waals surface area contributed by atoms with Gasteiger partial charge in [-0.25, -0.2) is 0 Å². The molecule has 0 aliphatic rings. The van der Waals surface area contributed by atoms with Crippen LogP contribution in [-0.4, -0.2) is 5.66 Å². The molecule has 0 heterocycles. The molecular formula is C9H14BrP. The van der Waals surface area contributed by atoms with E-state index in [1.165, 1.54) is 5.30 Å². The second kappa shape index (κ2) is 5.74. The van der Waals surface area contributed by atoms with Crippen LogP contribution < -0.4 is 5.30 Å². The van der Waals surface area contributed by atoms with Gasteiger partial charge in [-0.05, 0) is 11.0 Å². The Morgan fingerprint density at radius 2 is 1.64 bits per heavy atom. The third-order valence-corrected chi connectivity index (χ3v) is 2.47. The second-order valence-electron chi connectivity index (χ2n) is 2.67. The molecule has 1 rings (SSSR count). The molecule has 0 aromatic heterocycles. The molecule has 0 saturated carbocycles. The van der Waals surface area contributed by atoms with Crippen molar-refractivity contribution in [2.75, 3.05) is 0 Å². The van der Waals surface area contributed by atoms with Gasteiger partial charge in [0.25, 0.3) is 0 Å². The average molecular weight is 233 g/mol. The summed E-state index contributed by atoms with van der Waals surface area (Å²) in [5.74, 6) is 0. The minimum atomic E-state index is 0. The summed E-state index contributed by atoms with van der Waals surface area (Å²) in [6.45, 7) is 4.51. The smallest absolute Gasteiger partial charge is 0.0253 e. The van der Waals surface area contributed by atoms with Crippen molar-refractivity contribution in [1.29, 1.82) is 0 Å². The quantitative estimate of drug-likeness (QED) is 0.689. The van der Waals surface area contributed by atoms with E-state index in [9.17, 15) is 0 Å². The lowest BCUT2D eigenvalue weighted by molar-refractivity contribution is 1.11. The SMILES string of the molecule is Br.CC(C)Pc1ccccc1. The molecule has 1 aromatic carbocycles. The Labute approximate surface area is 81.0 Å². The molecular weight excluding hydrogens is 219 g/mol. The monoisotopic (exact) mass is 232 g/mol. The van der Waals surface area contributed by atoms with Crippen molar-refractivity contribution in [3.8, 4) is 0 Å². The van der Waals surface area contributed by atoms with Crippen LogP contribution in [0, 0.1) is 0 Å². The number of hydrogen-bond donors (Lipinski definition) is 0. The summed E-state index contributed by atoms with van der Waals surface area (Å²) >= 11 is 0. The molecule has 0 aliphatic carbocycles. The van der Waals surface area contributed by atoms with Crippen molar-refractivity contribution < 1.29 is 0 Å². The van der Waals surface area contributed by atoms with Crippen LogP contribution in [0.15, 0.2) is 30.3 Å². The standard InChI is InChI=1S/C9H13P.BrH/c1-8(2)10-9-6-4-3-5-7-9;/h3-8,10H,1-2H3;1H. The number of hydrogen-bond acceptors (Lipinski definition) is 0. The first-order valence-electron chi connectivity index (χ1n) is 3.60. The van der Waals surface area contributed by atoms with Gasteiger partial charge in [-0.2, -0.15) is 0 Å². The van der Waals surface area contributed by atoms with Crippen LogP contribution in [0.2, 0.25) is 0 Å². The summed E-state index contributed by atoms with van der Waals surface area (Å²) in [6, 6.07) is 10.7. The number of halogens is 1. The van der Waals surface area contributed by atoms with E-state index >= 15 is 0 Å². The Kier molecular flexibility index (Phi) is 5.81. The Hall–Kier alpha value is 0.130. The lowest BCUT2D eigenvalue weighted by Crippen LogP contribution is -1.96. The zero-order valence-corrected chi connectivity index (χ0v) is 9.59. The summed E-state index contributed by atoms with van der Waals surface area (Å²) in [7, 11) is 0.961. The predicted molar refractivity (Wildman–Crippen MR) is 59.8 cm³/mol. The average Bonchev–Trinajstić information content (AvgIpc) is 1.88. The Morgan fingerprint density at radius 1 is 1.09 bits per heavy atom. The molecule has 0 nitrogen and oxygen atoms in total. The largest absolute Gasteiger partial charge is 0.114 e. The molecule has 0 saturated heterocycles. The number of benzene rings is 1. The Bertz CT molecular complexity index is 184. The van der Waals surface area contributed by atoms with Gasteiger partial charge in [0, 0.05) is 0 Å². The van der Waals surface area contributed by atoms with Crippen LogP contribution in [0.3, 0.4) is 0 Å². The summed E-state index contributed by atoms with van der Waals surface area (Å²) in [5.41, 5.74) is 0.794. The maximum atomic E-state index is 2.26. The minimum Gasteiger partial charge on any atom is -0.114 e. The van der Waals surface area contributed by atoms with Crippen LogP contribution in [0.1, 0.15) is 13.8 Å². The van der Waals surface area contributed by atoms with E-state index in [1.807, 2.05) is 0 Å². The second-order valence-corrected chi connectivity index (χ2v) is 4.69. The predicted octanol–water partition coefficient (Wildman–Crippen LogP) is 2.98. The van der Waals surface area contributed by atoms with Gasteiger partial charge in [0.2, 0.25) is 0 Å². The van der Waals surface area contributed by atoms with E-state index in [0.717, 1.165) is 14.2 Å². The van der Waals surface area contributed by atoms with Crippen LogP contribution in [-0.2, 0) is 0 Å². The highest BCUT2D eigenvalue weighted by molar-refractivity contribution is 8.93. The molecule has 62 valence electrons. The Balaban J connectivity index is 0.000001000. The van der Waals surface area contributed by atoms with E-state index in [-0.39, 0.29) is 17.0 Å². The van der Waals surface area contributed by atoms with Crippen LogP contribution >= 0.6 is 25.6 Å². The third-order valence-electron chi connectivity index (χ3n) is 1.23. The van der Waals surface area contributed by atoms with Gasteiger partial charge in [0.05, 0.1) is 0 Å². The van der Waals surface area contributed by atoms with E-state index in [2.05, 4.69) is 44.2 Å². The van der Waals surface area contributed by atoms with E-state index in [4.69, 9.17) is 0 Å². The highest BCUT2D eigenvalue weighted by atomic mass is 79.9. The van der Waals surface area contributed by atoms with Crippen molar-refractivity contribution >= 4 is 30.9 Å². The van der Waals surface area contributed by atoms with Gasteiger partial charge in [-0.1, -0.05) is 52.8 Å². The zero-order valence-electron chi connectivity index (χ0n) is 6.87. The van der Waals surface area contributed by atoms with Crippen molar-refractivity contribution in [2.24, 2.45) is 0 Å². The van der Waals surface area contributed by atoms with Crippen molar-refractivity contribution in [3.05, 3.63) is 30.3 Å². The van der Waals surface area contributed by atoms with Crippen molar-refractivity contribution in [3.63, 3.8) is 0 Å². The summed E-state index contributed by atoms with van der Waals surface area (Å²) in [5, 5.41) is 1.47. The van der Waals surface area contributed by atoms with Crippen molar-refractivity contribution in [1.82, 2.24) is 0 Å². The lowest BCUT2D eigenvalue weighted by Gasteiger charge is -2.03. The van der Waals surface area contributed by atoms with Gasteiger partial charge in [0.15, 0.2) is 0 Å². The molecule has 1 aromatic rings. The highest BCUT2D eigenvalue weighted by Gasteiger charge is 1.93. The van der Waals surface area contributed by atoms with E-state index in [1.54, 1.807) is 0 Å². The van der Waals surface area contributed by atoms with Gasteiger partial charge in [0.1, 0.15) is 0 Å². The molecule has 0 fully saturated rings. The molecule has 0 bridgehead atoms. The van der Waals surface area contributed by atoms with Gasteiger partial charge in [-0.15, -0.1) is 17.0 Å². The molecule has 0 aliphatic heterocycles. The first-order chi connectivity index (χ1) is 4.79. The highest BCUT2D eigenvalue weighted by Crippen LogP contribution is 2.16. The summed E-state index contributed by atoms with van der Waals surface area (Å²) < 4.78 is 0. The fourth-order valence-corrected chi connectivity index (χ4v) is 1.92. The molecule has 0 spiro atoms. The van der Waals surface area contributed by atoms with Gasteiger partial charge < -0.3 is 0 Å². The van der Waals surface area contributed by atoms with E-state index < -0.39 is 0 Å². The maximum Gasteiger partial charge on any atom is -0.0253 e. The normalized spacial score (nSPS) is 10.5. The van der Waals surface area contributed by atoms with Crippen LogP contribution in [0.5, 0.6) is 0 Å². The zero-order chi connectivity index (χ0) is 7.40. The fraction of sp³-hybridized carbons (Fsp3) is 0.333. The lowest BCUT2D eigenvalue weighted by atomic mass is 10.4. The van der Waals surface area contributed by atoms with Crippen molar-refractivity contribution in [2.45, 2.75) is 19.5 Å². The molecule has 0 amide bonds. The van der Waals surface area contributed by atoms with Crippen LogP contribution in [0.25, 0.3) is 0 Å². The molecule has 11 heavy (non-hydrogen) atoms. The topological polar surface area (TPSA) is 0 Å². The first kappa shape index (κ1) is 11.1. The fourth-order valence-electron chi connectivity index (χ4n) is 0.868. The maximum absolute atomic E-state index is 2.26. The van der Waals surface area contributed by atoms with E-state index in [0.29, 0.717) is 0 Å².